The van der Waals surface area contributed by atoms with E-state index >= 15 is 0 Å². The Morgan fingerprint density at radius 3 is 1.77 bits per heavy atom. The molecular weight excluding hydrogens is 482 g/mol. The lowest BCUT2D eigenvalue weighted by atomic mass is 10.2. The Morgan fingerprint density at radius 2 is 1.30 bits per heavy atom. The molecule has 0 aliphatic rings. The van der Waals surface area contributed by atoms with Crippen LogP contribution in [-0.2, 0) is 13.1 Å². The van der Waals surface area contributed by atoms with Crippen LogP contribution in [0.1, 0.15) is 11.4 Å². The van der Waals surface area contributed by atoms with Gasteiger partial charge in [0.25, 0.3) is 0 Å². The minimum Gasteiger partial charge on any atom is -0.443 e. The number of halogens is 1. The van der Waals surface area contributed by atoms with E-state index in [-0.39, 0.29) is 0 Å². The van der Waals surface area contributed by atoms with Gasteiger partial charge in [0, 0.05) is 10.2 Å². The number of anilines is 1. The highest BCUT2D eigenvalue weighted by Gasteiger charge is 2.16. The van der Waals surface area contributed by atoms with Gasteiger partial charge in [0.15, 0.2) is 0 Å². The zero-order valence-electron chi connectivity index (χ0n) is 15.7. The molecule has 150 valence electrons. The largest absolute Gasteiger partial charge is 0.443 e. The first-order valence-electron chi connectivity index (χ1n) is 9.22. The summed E-state index contributed by atoms with van der Waals surface area (Å²) in [6.45, 7) is 1.19. The van der Waals surface area contributed by atoms with Gasteiger partial charge in [-0.05, 0) is 47.2 Å². The fraction of sp³-hybridized carbons (Fsp3) is 0.0909. The molecule has 0 N–H and O–H groups in total. The van der Waals surface area contributed by atoms with E-state index in [1.165, 1.54) is 0 Å². The van der Waals surface area contributed by atoms with Gasteiger partial charge in [-0.1, -0.05) is 28.1 Å². The minimum atomic E-state index is 0.595. The molecule has 0 fully saturated rings. The third kappa shape index (κ3) is 4.26. The zero-order valence-corrected chi connectivity index (χ0v) is 18.9. The van der Waals surface area contributed by atoms with E-state index in [4.69, 9.17) is 8.83 Å². The lowest BCUT2D eigenvalue weighted by Gasteiger charge is -2.22. The average molecular weight is 498 g/mol. The summed E-state index contributed by atoms with van der Waals surface area (Å²) in [5.41, 5.74) is 2.80. The van der Waals surface area contributed by atoms with Crippen LogP contribution in [-0.4, -0.2) is 9.97 Å². The van der Waals surface area contributed by atoms with Crippen molar-refractivity contribution in [1.29, 1.82) is 0 Å². The summed E-state index contributed by atoms with van der Waals surface area (Å²) in [5, 5.41) is 4.03. The first kappa shape index (κ1) is 19.3. The van der Waals surface area contributed by atoms with Crippen LogP contribution in [0.5, 0.6) is 0 Å². The quantitative estimate of drug-likeness (QED) is 0.240. The van der Waals surface area contributed by atoms with E-state index < -0.39 is 0 Å². The molecule has 0 aliphatic heterocycles. The van der Waals surface area contributed by atoms with Crippen LogP contribution in [0.4, 0.5) is 5.69 Å². The highest BCUT2D eigenvalue weighted by molar-refractivity contribution is 9.10. The molecule has 30 heavy (non-hydrogen) atoms. The van der Waals surface area contributed by atoms with Crippen molar-refractivity contribution >= 4 is 44.3 Å². The second-order valence-electron chi connectivity index (χ2n) is 6.58. The molecule has 5 aromatic rings. The van der Waals surface area contributed by atoms with Gasteiger partial charge in [0.2, 0.25) is 11.8 Å². The maximum Gasteiger partial charge on any atom is 0.236 e. The van der Waals surface area contributed by atoms with Gasteiger partial charge in [-0.3, -0.25) is 0 Å². The third-order valence-corrected chi connectivity index (χ3v) is 6.71. The number of rotatable bonds is 7. The van der Waals surface area contributed by atoms with E-state index in [1.54, 1.807) is 35.2 Å². The molecule has 5 rings (SSSR count). The van der Waals surface area contributed by atoms with Crippen LogP contribution in [0.25, 0.3) is 21.5 Å². The highest BCUT2D eigenvalue weighted by atomic mass is 79.9. The molecule has 0 atom stereocenters. The second kappa shape index (κ2) is 8.59. The minimum absolute atomic E-state index is 0.595. The monoisotopic (exact) mass is 497 g/mol. The Bertz CT molecular complexity index is 1140. The summed E-state index contributed by atoms with van der Waals surface area (Å²) in [6.07, 6.45) is 3.45. The van der Waals surface area contributed by atoms with Crippen LogP contribution in [0.15, 0.2) is 85.1 Å². The molecule has 0 bridgehead atoms. The second-order valence-corrected chi connectivity index (χ2v) is 9.39. The fourth-order valence-electron chi connectivity index (χ4n) is 3.07. The van der Waals surface area contributed by atoms with Crippen LogP contribution < -0.4 is 4.90 Å². The van der Waals surface area contributed by atoms with Crippen LogP contribution in [0.2, 0.25) is 0 Å². The summed E-state index contributed by atoms with van der Waals surface area (Å²) in [7, 11) is 0. The predicted molar refractivity (Wildman–Crippen MR) is 124 cm³/mol. The Morgan fingerprint density at radius 1 is 0.767 bits per heavy atom. The van der Waals surface area contributed by atoms with Crippen molar-refractivity contribution in [2.24, 2.45) is 0 Å². The Labute approximate surface area is 189 Å². The van der Waals surface area contributed by atoms with Crippen molar-refractivity contribution in [2.75, 3.05) is 4.90 Å². The normalized spacial score (nSPS) is 11.1. The molecule has 5 nitrogen and oxygen atoms in total. The maximum atomic E-state index is 5.70. The molecule has 8 heteroatoms. The zero-order chi connectivity index (χ0) is 20.3. The Kier molecular flexibility index (Phi) is 5.52. The van der Waals surface area contributed by atoms with Crippen molar-refractivity contribution in [3.63, 3.8) is 0 Å². The Hall–Kier alpha value is -2.68. The standard InChI is InChI=1S/C22H16BrN3O2S2/c23-15-5-7-18(8-6-15)26(11-16-13-27-21(24-16)19-3-1-9-29-19)12-17-14-28-22(25-17)20-4-2-10-30-20/h1-10,13-14H,11-12H2. The van der Waals surface area contributed by atoms with E-state index in [1.807, 2.05) is 47.2 Å². The van der Waals surface area contributed by atoms with Crippen molar-refractivity contribution in [1.82, 2.24) is 9.97 Å². The lowest BCUT2D eigenvalue weighted by molar-refractivity contribution is 0.572. The van der Waals surface area contributed by atoms with Crippen LogP contribution in [0, 0.1) is 0 Å². The molecule has 0 unspecified atom stereocenters. The summed E-state index contributed by atoms with van der Waals surface area (Å²) < 4.78 is 12.4. The van der Waals surface area contributed by atoms with Gasteiger partial charge in [0.05, 0.1) is 34.2 Å². The average Bonchev–Trinajstić information content (AvgIpc) is 3.55. The number of aromatic nitrogens is 2. The number of hydrogen-bond donors (Lipinski definition) is 0. The molecule has 0 spiro atoms. The highest BCUT2D eigenvalue weighted by Crippen LogP contribution is 2.28. The summed E-state index contributed by atoms with van der Waals surface area (Å²) in [6, 6.07) is 16.2. The van der Waals surface area contributed by atoms with E-state index in [0.717, 1.165) is 31.3 Å². The molecular formula is C22H16BrN3O2S2. The molecule has 1 aromatic carbocycles. The van der Waals surface area contributed by atoms with Gasteiger partial charge in [-0.15, -0.1) is 22.7 Å². The topological polar surface area (TPSA) is 55.3 Å². The summed E-state index contributed by atoms with van der Waals surface area (Å²) in [5.74, 6) is 1.30. The fourth-order valence-corrected chi connectivity index (χ4v) is 4.64. The SMILES string of the molecule is Brc1ccc(N(Cc2coc(-c3cccs3)n2)Cc2coc(-c3cccs3)n2)cc1. The van der Waals surface area contributed by atoms with E-state index in [0.29, 0.717) is 24.9 Å². The number of benzene rings is 1. The maximum absolute atomic E-state index is 5.70. The number of oxazole rings is 2. The predicted octanol–water partition coefficient (Wildman–Crippen LogP) is 7.09. The third-order valence-electron chi connectivity index (χ3n) is 4.46. The molecule has 0 saturated carbocycles. The number of hydrogen-bond acceptors (Lipinski definition) is 7. The van der Waals surface area contributed by atoms with Gasteiger partial charge in [-0.25, -0.2) is 9.97 Å². The summed E-state index contributed by atoms with van der Waals surface area (Å²) in [4.78, 5) is 13.6. The smallest absolute Gasteiger partial charge is 0.236 e. The summed E-state index contributed by atoms with van der Waals surface area (Å²) >= 11 is 6.74. The number of thiophene rings is 2. The van der Waals surface area contributed by atoms with Gasteiger partial charge < -0.3 is 13.7 Å². The lowest BCUT2D eigenvalue weighted by Crippen LogP contribution is -2.22. The van der Waals surface area contributed by atoms with E-state index in [9.17, 15) is 0 Å². The van der Waals surface area contributed by atoms with E-state index in [2.05, 4.69) is 42.9 Å². The van der Waals surface area contributed by atoms with Crippen LogP contribution in [0.3, 0.4) is 0 Å². The molecule has 4 aromatic heterocycles. The van der Waals surface area contributed by atoms with Gasteiger partial charge in [-0.2, -0.15) is 0 Å². The molecule has 0 radical (unpaired) electrons. The van der Waals surface area contributed by atoms with Gasteiger partial charge >= 0.3 is 0 Å². The Balaban J connectivity index is 1.40. The van der Waals surface area contributed by atoms with Crippen molar-refractivity contribution in [3.05, 3.63) is 87.7 Å². The van der Waals surface area contributed by atoms with Crippen molar-refractivity contribution in [2.45, 2.75) is 13.1 Å². The number of nitrogens with zero attached hydrogens (tertiary/aromatic N) is 3. The first-order chi connectivity index (χ1) is 14.7. The molecule has 0 saturated heterocycles. The molecule has 0 amide bonds. The van der Waals surface area contributed by atoms with Crippen LogP contribution >= 0.6 is 38.6 Å². The van der Waals surface area contributed by atoms with Crippen molar-refractivity contribution in [3.8, 4) is 21.5 Å². The van der Waals surface area contributed by atoms with Gasteiger partial charge in [0.1, 0.15) is 12.5 Å². The molecule has 4 heterocycles. The molecule has 0 aliphatic carbocycles. The van der Waals surface area contributed by atoms with Crippen molar-refractivity contribution < 1.29 is 8.83 Å². The first-order valence-corrected chi connectivity index (χ1v) is 11.8.